The molecule has 0 aromatic heterocycles. The first-order chi connectivity index (χ1) is 11.5. The highest BCUT2D eigenvalue weighted by atomic mass is 79.9. The second-order valence-corrected chi connectivity index (χ2v) is 7.36. The fraction of sp³-hybridized carbons (Fsp3) is 0.111. The van der Waals surface area contributed by atoms with E-state index in [1.807, 2.05) is 24.3 Å². The highest BCUT2D eigenvalue weighted by molar-refractivity contribution is 9.10. The Bertz CT molecular complexity index is 768. The average Bonchev–Trinajstić information content (AvgIpc) is 3.19. The third-order valence-corrected chi connectivity index (χ3v) is 4.76. The van der Waals surface area contributed by atoms with Gasteiger partial charge in [-0.1, -0.05) is 56.1 Å². The number of benzene rings is 2. The largest absolute Gasteiger partial charge is 0.326 e. The summed E-state index contributed by atoms with van der Waals surface area (Å²) in [7, 11) is 0. The summed E-state index contributed by atoms with van der Waals surface area (Å²) >= 11 is 6.72. The van der Waals surface area contributed by atoms with Crippen molar-refractivity contribution in [3.63, 3.8) is 0 Å². The molecule has 0 aliphatic heterocycles. The quantitative estimate of drug-likeness (QED) is 0.670. The van der Waals surface area contributed by atoms with Gasteiger partial charge in [-0.3, -0.25) is 9.59 Å². The Kier molecular flexibility index (Phi) is 4.87. The molecule has 2 atom stereocenters. The number of carbonyl (C=O) groups is 2. The molecule has 24 heavy (non-hydrogen) atoms. The van der Waals surface area contributed by atoms with Gasteiger partial charge in [-0.2, -0.15) is 0 Å². The van der Waals surface area contributed by atoms with Crippen molar-refractivity contribution in [2.45, 2.75) is 0 Å². The first-order valence-electron chi connectivity index (χ1n) is 7.27. The Balaban J connectivity index is 1.63. The van der Waals surface area contributed by atoms with Crippen LogP contribution in [0.3, 0.4) is 0 Å². The number of halogens is 2. The Morgan fingerprint density at radius 1 is 0.833 bits per heavy atom. The van der Waals surface area contributed by atoms with Gasteiger partial charge in [0, 0.05) is 20.3 Å². The fourth-order valence-corrected chi connectivity index (χ4v) is 3.33. The van der Waals surface area contributed by atoms with Crippen LogP contribution in [-0.2, 0) is 9.59 Å². The van der Waals surface area contributed by atoms with E-state index in [0.717, 1.165) is 8.95 Å². The summed E-state index contributed by atoms with van der Waals surface area (Å²) in [6.07, 6.45) is 0. The van der Waals surface area contributed by atoms with Gasteiger partial charge in [0.2, 0.25) is 11.8 Å². The van der Waals surface area contributed by atoms with Crippen LogP contribution in [-0.4, -0.2) is 11.8 Å². The van der Waals surface area contributed by atoms with Crippen LogP contribution in [0.5, 0.6) is 0 Å². The summed E-state index contributed by atoms with van der Waals surface area (Å²) in [5, 5.41) is 5.63. The van der Waals surface area contributed by atoms with Gasteiger partial charge < -0.3 is 10.6 Å². The van der Waals surface area contributed by atoms with Gasteiger partial charge in [-0.05, 0) is 36.4 Å². The first-order valence-corrected chi connectivity index (χ1v) is 8.86. The summed E-state index contributed by atoms with van der Waals surface area (Å²) in [6, 6.07) is 14.6. The summed E-state index contributed by atoms with van der Waals surface area (Å²) < 4.78 is 1.75. The van der Waals surface area contributed by atoms with E-state index < -0.39 is 11.8 Å². The lowest BCUT2D eigenvalue weighted by atomic mass is 10.2. The molecule has 0 unspecified atom stereocenters. The predicted octanol–water partition coefficient (Wildman–Crippen LogP) is 4.59. The number of hydrogen-bond donors (Lipinski definition) is 2. The molecule has 0 saturated heterocycles. The average molecular weight is 450 g/mol. The van der Waals surface area contributed by atoms with Gasteiger partial charge in [0.15, 0.2) is 0 Å². The standard InChI is InChI=1S/C18H14Br2N2O2/c1-10-15(17(23)21-13-6-2-4-11(19)8-13)16(10)18(24)22-14-7-3-5-12(20)9-14/h2-9,15-16H,1H2,(H,21,23)(H,22,24)/t15-,16+. The zero-order valence-electron chi connectivity index (χ0n) is 12.6. The molecule has 1 fully saturated rings. The van der Waals surface area contributed by atoms with Crippen molar-refractivity contribution in [2.75, 3.05) is 10.6 Å². The summed E-state index contributed by atoms with van der Waals surface area (Å²) in [5.74, 6) is -1.41. The topological polar surface area (TPSA) is 58.2 Å². The normalized spacial score (nSPS) is 18.8. The van der Waals surface area contributed by atoms with Crippen LogP contribution in [0.1, 0.15) is 0 Å². The molecule has 1 saturated carbocycles. The Hall–Kier alpha value is -1.92. The minimum atomic E-state index is -0.490. The maximum atomic E-state index is 12.3. The van der Waals surface area contributed by atoms with Crippen molar-refractivity contribution in [3.8, 4) is 0 Å². The van der Waals surface area contributed by atoms with E-state index in [1.54, 1.807) is 24.3 Å². The molecular formula is C18H14Br2N2O2. The molecule has 2 aromatic rings. The minimum Gasteiger partial charge on any atom is -0.326 e. The van der Waals surface area contributed by atoms with Crippen molar-refractivity contribution < 1.29 is 9.59 Å². The molecular weight excluding hydrogens is 436 g/mol. The zero-order chi connectivity index (χ0) is 17.3. The molecule has 6 heteroatoms. The van der Waals surface area contributed by atoms with Gasteiger partial charge >= 0.3 is 0 Å². The summed E-state index contributed by atoms with van der Waals surface area (Å²) in [5.41, 5.74) is 2.00. The Morgan fingerprint density at radius 2 is 1.25 bits per heavy atom. The fourth-order valence-electron chi connectivity index (χ4n) is 2.53. The minimum absolute atomic E-state index is 0.215. The van der Waals surface area contributed by atoms with E-state index in [9.17, 15) is 9.59 Å². The van der Waals surface area contributed by atoms with Gasteiger partial charge in [0.25, 0.3) is 0 Å². The molecule has 0 heterocycles. The van der Waals surface area contributed by atoms with Crippen molar-refractivity contribution in [3.05, 3.63) is 69.6 Å². The lowest BCUT2D eigenvalue weighted by molar-refractivity contribution is -0.122. The number of nitrogens with one attached hydrogen (secondary N) is 2. The van der Waals surface area contributed by atoms with Crippen LogP contribution in [0.25, 0.3) is 0 Å². The lowest BCUT2D eigenvalue weighted by Gasteiger charge is -2.06. The third-order valence-electron chi connectivity index (χ3n) is 3.77. The highest BCUT2D eigenvalue weighted by Crippen LogP contribution is 2.45. The SMILES string of the molecule is C=C1[C@H](C(=O)Nc2cccc(Br)c2)[C@@H]1C(=O)Nc1cccc(Br)c1. The third kappa shape index (κ3) is 3.76. The van der Waals surface area contributed by atoms with E-state index in [0.29, 0.717) is 16.9 Å². The van der Waals surface area contributed by atoms with Crippen LogP contribution in [0, 0.1) is 11.8 Å². The maximum Gasteiger partial charge on any atom is 0.232 e. The molecule has 2 N–H and O–H groups in total. The summed E-state index contributed by atoms with van der Waals surface area (Å²) in [4.78, 5) is 24.7. The molecule has 4 nitrogen and oxygen atoms in total. The van der Waals surface area contributed by atoms with Crippen LogP contribution in [0.4, 0.5) is 11.4 Å². The predicted molar refractivity (Wildman–Crippen MR) is 102 cm³/mol. The first kappa shape index (κ1) is 16.9. The smallest absolute Gasteiger partial charge is 0.232 e. The van der Waals surface area contributed by atoms with E-state index in [1.165, 1.54) is 0 Å². The van der Waals surface area contributed by atoms with E-state index in [2.05, 4.69) is 49.1 Å². The Labute approximate surface area is 156 Å². The van der Waals surface area contributed by atoms with Crippen LogP contribution < -0.4 is 10.6 Å². The molecule has 3 rings (SSSR count). The number of carbonyl (C=O) groups excluding carboxylic acids is 2. The van der Waals surface area contributed by atoms with Crippen LogP contribution >= 0.6 is 31.9 Å². The molecule has 0 bridgehead atoms. The van der Waals surface area contributed by atoms with Crippen molar-refractivity contribution in [1.29, 1.82) is 0 Å². The number of amides is 2. The summed E-state index contributed by atoms with van der Waals surface area (Å²) in [6.45, 7) is 3.85. The maximum absolute atomic E-state index is 12.3. The number of anilines is 2. The highest BCUT2D eigenvalue weighted by Gasteiger charge is 2.52. The van der Waals surface area contributed by atoms with Crippen LogP contribution in [0.2, 0.25) is 0 Å². The van der Waals surface area contributed by atoms with E-state index in [4.69, 9.17) is 0 Å². The van der Waals surface area contributed by atoms with Gasteiger partial charge in [-0.25, -0.2) is 0 Å². The van der Waals surface area contributed by atoms with Crippen molar-refractivity contribution in [1.82, 2.24) is 0 Å². The van der Waals surface area contributed by atoms with Crippen molar-refractivity contribution >= 4 is 55.0 Å². The monoisotopic (exact) mass is 448 g/mol. The van der Waals surface area contributed by atoms with E-state index in [-0.39, 0.29) is 11.8 Å². The van der Waals surface area contributed by atoms with Gasteiger partial charge in [0.1, 0.15) is 0 Å². The van der Waals surface area contributed by atoms with Crippen LogP contribution in [0.15, 0.2) is 69.6 Å². The second-order valence-electron chi connectivity index (χ2n) is 5.53. The van der Waals surface area contributed by atoms with Crippen molar-refractivity contribution in [2.24, 2.45) is 11.8 Å². The number of hydrogen-bond acceptors (Lipinski definition) is 2. The Morgan fingerprint density at radius 3 is 1.62 bits per heavy atom. The zero-order valence-corrected chi connectivity index (χ0v) is 15.7. The van der Waals surface area contributed by atoms with Gasteiger partial charge in [-0.15, -0.1) is 0 Å². The number of rotatable bonds is 4. The van der Waals surface area contributed by atoms with E-state index >= 15 is 0 Å². The molecule has 0 spiro atoms. The molecule has 2 aromatic carbocycles. The second kappa shape index (κ2) is 6.91. The molecule has 2 amide bonds. The molecule has 1 aliphatic carbocycles. The molecule has 122 valence electrons. The lowest BCUT2D eigenvalue weighted by Crippen LogP contribution is -2.20. The van der Waals surface area contributed by atoms with Gasteiger partial charge in [0.05, 0.1) is 11.8 Å². The molecule has 1 aliphatic rings. The molecule has 0 radical (unpaired) electrons.